The van der Waals surface area contributed by atoms with Crippen molar-refractivity contribution in [2.75, 3.05) is 18.1 Å². The lowest BCUT2D eigenvalue weighted by Gasteiger charge is -2.05. The number of aliphatic carboxylic acids is 1. The molecule has 0 saturated heterocycles. The Bertz CT molecular complexity index is 201. The fourth-order valence-corrected chi connectivity index (χ4v) is 1.55. The van der Waals surface area contributed by atoms with Gasteiger partial charge in [-0.3, -0.25) is 4.79 Å². The summed E-state index contributed by atoms with van der Waals surface area (Å²) in [5, 5.41) is 10.9. The summed E-state index contributed by atoms with van der Waals surface area (Å²) in [7, 11) is 0. The summed E-state index contributed by atoms with van der Waals surface area (Å²) in [6.07, 6.45) is 0.427. The number of amides is 2. The van der Waals surface area contributed by atoms with E-state index in [1.54, 1.807) is 0 Å². The minimum atomic E-state index is -0.985. The fourth-order valence-electron chi connectivity index (χ4n) is 0.682. The van der Waals surface area contributed by atoms with Crippen molar-refractivity contribution in [1.82, 2.24) is 5.32 Å². The van der Waals surface area contributed by atoms with Crippen LogP contribution < -0.4 is 16.8 Å². The highest BCUT2D eigenvalue weighted by molar-refractivity contribution is 7.99. The van der Waals surface area contributed by atoms with Gasteiger partial charge >= 0.3 is 12.0 Å². The molecule has 82 valence electrons. The normalized spacial score (nSPS) is 12.1. The molecule has 0 aliphatic heterocycles. The standard InChI is InChI=1S/C7H15N3O3S/c8-5(6(11)12)1-3-14-4-2-10-7(9)13/h5H,1-4,8H2,(H,11,12)(H3,9,10,13)/t5-/m0/s1. The minimum Gasteiger partial charge on any atom is -0.480 e. The van der Waals surface area contributed by atoms with Crippen LogP contribution in [0.4, 0.5) is 4.79 Å². The first-order valence-corrected chi connectivity index (χ1v) is 5.29. The maximum absolute atomic E-state index is 10.3. The van der Waals surface area contributed by atoms with Gasteiger partial charge in [0.25, 0.3) is 0 Å². The molecule has 0 aromatic heterocycles. The third kappa shape index (κ3) is 7.69. The van der Waals surface area contributed by atoms with Gasteiger partial charge < -0.3 is 21.9 Å². The smallest absolute Gasteiger partial charge is 0.320 e. The van der Waals surface area contributed by atoms with Gasteiger partial charge in [-0.2, -0.15) is 11.8 Å². The van der Waals surface area contributed by atoms with E-state index in [-0.39, 0.29) is 0 Å². The molecule has 0 aromatic carbocycles. The third-order valence-corrected chi connectivity index (χ3v) is 2.45. The highest BCUT2D eigenvalue weighted by atomic mass is 32.2. The molecule has 0 aromatic rings. The number of urea groups is 1. The number of carbonyl (C=O) groups is 2. The van der Waals surface area contributed by atoms with E-state index < -0.39 is 18.0 Å². The summed E-state index contributed by atoms with van der Waals surface area (Å²) in [6, 6.07) is -1.35. The van der Waals surface area contributed by atoms with Crippen molar-refractivity contribution in [2.45, 2.75) is 12.5 Å². The molecule has 6 N–H and O–H groups in total. The van der Waals surface area contributed by atoms with Gasteiger partial charge in [-0.25, -0.2) is 4.79 Å². The Morgan fingerprint density at radius 1 is 1.43 bits per heavy atom. The summed E-state index contributed by atoms with van der Waals surface area (Å²) in [4.78, 5) is 20.5. The maximum atomic E-state index is 10.3. The number of nitrogens with one attached hydrogen (secondary N) is 1. The lowest BCUT2D eigenvalue weighted by molar-refractivity contribution is -0.138. The van der Waals surface area contributed by atoms with Crippen LogP contribution in [0.25, 0.3) is 0 Å². The monoisotopic (exact) mass is 221 g/mol. The van der Waals surface area contributed by atoms with Gasteiger partial charge in [0.15, 0.2) is 0 Å². The second kappa shape index (κ2) is 7.45. The number of thioether (sulfide) groups is 1. The summed E-state index contributed by atoms with van der Waals surface area (Å²) in [5.41, 5.74) is 10.1. The predicted molar refractivity (Wildman–Crippen MR) is 55.1 cm³/mol. The van der Waals surface area contributed by atoms with Crippen molar-refractivity contribution in [2.24, 2.45) is 11.5 Å². The Balaban J connectivity index is 3.21. The Kier molecular flexibility index (Phi) is 6.95. The molecule has 0 rings (SSSR count). The molecule has 0 fully saturated rings. The summed E-state index contributed by atoms with van der Waals surface area (Å²) < 4.78 is 0. The van der Waals surface area contributed by atoms with Gasteiger partial charge in [-0.05, 0) is 12.2 Å². The van der Waals surface area contributed by atoms with Crippen LogP contribution in [0.1, 0.15) is 6.42 Å². The highest BCUT2D eigenvalue weighted by Crippen LogP contribution is 2.02. The van der Waals surface area contributed by atoms with Gasteiger partial charge in [0.05, 0.1) is 0 Å². The van der Waals surface area contributed by atoms with Crippen LogP contribution in [0.5, 0.6) is 0 Å². The first kappa shape index (κ1) is 13.1. The summed E-state index contributed by atoms with van der Waals surface area (Å²) in [5.74, 6) is 0.379. The number of carboxylic acids is 1. The molecule has 0 radical (unpaired) electrons. The van der Waals surface area contributed by atoms with Gasteiger partial charge in [0.1, 0.15) is 6.04 Å². The van der Waals surface area contributed by atoms with Crippen molar-refractivity contribution < 1.29 is 14.7 Å². The molecule has 0 heterocycles. The summed E-state index contributed by atoms with van der Waals surface area (Å²) >= 11 is 1.53. The van der Waals surface area contributed by atoms with Crippen molar-refractivity contribution >= 4 is 23.8 Å². The molecule has 2 amide bonds. The average molecular weight is 221 g/mol. The van der Waals surface area contributed by atoms with Gasteiger partial charge in [-0.15, -0.1) is 0 Å². The fraction of sp³-hybridized carbons (Fsp3) is 0.714. The van der Waals surface area contributed by atoms with Crippen LogP contribution in [0.3, 0.4) is 0 Å². The van der Waals surface area contributed by atoms with Crippen molar-refractivity contribution in [3.63, 3.8) is 0 Å². The van der Waals surface area contributed by atoms with Crippen molar-refractivity contribution in [3.05, 3.63) is 0 Å². The number of carbonyl (C=O) groups excluding carboxylic acids is 1. The molecule has 0 bridgehead atoms. The van der Waals surface area contributed by atoms with Gasteiger partial charge in [0.2, 0.25) is 0 Å². The summed E-state index contributed by atoms with van der Waals surface area (Å²) in [6.45, 7) is 0.488. The molecule has 0 aliphatic rings. The number of nitrogens with two attached hydrogens (primary N) is 2. The number of primary amides is 1. The molecule has 0 unspecified atom stereocenters. The van der Waals surface area contributed by atoms with Crippen LogP contribution in [0.2, 0.25) is 0 Å². The van der Waals surface area contributed by atoms with Crippen LogP contribution in [0, 0.1) is 0 Å². The van der Waals surface area contributed by atoms with Crippen LogP contribution >= 0.6 is 11.8 Å². The highest BCUT2D eigenvalue weighted by Gasteiger charge is 2.09. The Morgan fingerprint density at radius 3 is 2.57 bits per heavy atom. The minimum absolute atomic E-state index is 0.427. The van der Waals surface area contributed by atoms with Crippen LogP contribution in [0.15, 0.2) is 0 Å². The molecule has 0 spiro atoms. The van der Waals surface area contributed by atoms with E-state index in [0.29, 0.717) is 24.5 Å². The van der Waals surface area contributed by atoms with E-state index in [0.717, 1.165) is 0 Å². The maximum Gasteiger partial charge on any atom is 0.320 e. The SMILES string of the molecule is NC(=O)NCCSCC[C@H](N)C(=O)O. The first-order chi connectivity index (χ1) is 6.54. The topological polar surface area (TPSA) is 118 Å². The van der Waals surface area contributed by atoms with E-state index >= 15 is 0 Å². The number of rotatable bonds is 7. The van der Waals surface area contributed by atoms with E-state index in [1.165, 1.54) is 11.8 Å². The molecule has 0 aliphatic carbocycles. The Labute approximate surface area is 86.4 Å². The van der Waals surface area contributed by atoms with E-state index in [2.05, 4.69) is 5.32 Å². The van der Waals surface area contributed by atoms with Crippen LogP contribution in [-0.4, -0.2) is 41.2 Å². The second-order valence-electron chi connectivity index (χ2n) is 2.64. The number of hydrogen-bond acceptors (Lipinski definition) is 4. The Hall–Kier alpha value is -0.950. The van der Waals surface area contributed by atoms with E-state index in [1.807, 2.05) is 0 Å². The molecule has 0 saturated carbocycles. The third-order valence-electron chi connectivity index (χ3n) is 1.44. The molecule has 14 heavy (non-hydrogen) atoms. The number of carboxylic acid groups (broad SMARTS) is 1. The molecule has 6 nitrogen and oxygen atoms in total. The predicted octanol–water partition coefficient (Wildman–Crippen LogP) is -0.810. The van der Waals surface area contributed by atoms with E-state index in [9.17, 15) is 9.59 Å². The molecular formula is C7H15N3O3S. The first-order valence-electron chi connectivity index (χ1n) is 4.13. The van der Waals surface area contributed by atoms with Gasteiger partial charge in [0, 0.05) is 12.3 Å². The molecule has 7 heteroatoms. The molecule has 1 atom stereocenters. The van der Waals surface area contributed by atoms with Crippen molar-refractivity contribution in [3.8, 4) is 0 Å². The molecular weight excluding hydrogens is 206 g/mol. The van der Waals surface area contributed by atoms with E-state index in [4.69, 9.17) is 16.6 Å². The zero-order valence-electron chi connectivity index (χ0n) is 7.73. The zero-order chi connectivity index (χ0) is 11.0. The second-order valence-corrected chi connectivity index (χ2v) is 3.86. The Morgan fingerprint density at radius 2 is 2.07 bits per heavy atom. The number of hydrogen-bond donors (Lipinski definition) is 4. The zero-order valence-corrected chi connectivity index (χ0v) is 8.55. The van der Waals surface area contributed by atoms with Crippen LogP contribution in [-0.2, 0) is 4.79 Å². The lowest BCUT2D eigenvalue weighted by atomic mass is 10.2. The average Bonchev–Trinajstić information content (AvgIpc) is 2.09. The lowest BCUT2D eigenvalue weighted by Crippen LogP contribution is -2.32. The van der Waals surface area contributed by atoms with Gasteiger partial charge in [-0.1, -0.05) is 0 Å². The largest absolute Gasteiger partial charge is 0.480 e. The quantitative estimate of drug-likeness (QED) is 0.419. The van der Waals surface area contributed by atoms with Crippen molar-refractivity contribution in [1.29, 1.82) is 0 Å².